The maximum Gasteiger partial charge on any atom is 0.213 e. The molecular formula is C10H7BrN2OS. The molecule has 0 radical (unpaired) electrons. The summed E-state index contributed by atoms with van der Waals surface area (Å²) in [5.41, 5.74) is 1.91. The quantitative estimate of drug-likeness (QED) is 0.879. The minimum atomic E-state index is 0.614. The van der Waals surface area contributed by atoms with Gasteiger partial charge in [-0.05, 0) is 12.1 Å². The standard InChI is InChI=1S/C10H7BrN2OS/c11-8-3-1-7(2-4-8)9-5-15-10(13-9)12-6-14/h1-6H,(H,12,13,14). The van der Waals surface area contributed by atoms with Crippen molar-refractivity contribution in [1.29, 1.82) is 0 Å². The second-order valence-corrected chi connectivity index (χ2v) is 4.58. The minimum absolute atomic E-state index is 0.614. The third-order valence-corrected chi connectivity index (χ3v) is 3.13. The molecule has 0 aliphatic rings. The number of nitrogens with one attached hydrogen (secondary N) is 1. The fourth-order valence-electron chi connectivity index (χ4n) is 1.14. The van der Waals surface area contributed by atoms with E-state index in [9.17, 15) is 4.79 Å². The van der Waals surface area contributed by atoms with Gasteiger partial charge in [-0.2, -0.15) is 0 Å². The van der Waals surface area contributed by atoms with Crippen LogP contribution in [0.25, 0.3) is 11.3 Å². The zero-order valence-electron chi connectivity index (χ0n) is 7.61. The van der Waals surface area contributed by atoms with Gasteiger partial charge in [-0.3, -0.25) is 4.79 Å². The first-order valence-corrected chi connectivity index (χ1v) is 5.88. The number of rotatable bonds is 3. The molecule has 0 fully saturated rings. The Morgan fingerprint density at radius 3 is 2.73 bits per heavy atom. The lowest BCUT2D eigenvalue weighted by molar-refractivity contribution is -0.105. The smallest absolute Gasteiger partial charge is 0.213 e. The van der Waals surface area contributed by atoms with Crippen LogP contribution in [-0.4, -0.2) is 11.4 Å². The summed E-state index contributed by atoms with van der Waals surface area (Å²) in [6.07, 6.45) is 0.629. The summed E-state index contributed by atoms with van der Waals surface area (Å²) in [6.45, 7) is 0. The van der Waals surface area contributed by atoms with Gasteiger partial charge in [0.05, 0.1) is 5.69 Å². The van der Waals surface area contributed by atoms with Crippen molar-refractivity contribution in [3.05, 3.63) is 34.1 Å². The van der Waals surface area contributed by atoms with E-state index in [1.54, 1.807) is 0 Å². The summed E-state index contributed by atoms with van der Waals surface area (Å²) in [4.78, 5) is 14.5. The number of amides is 1. The summed E-state index contributed by atoms with van der Waals surface area (Å²) in [6, 6.07) is 7.87. The van der Waals surface area contributed by atoms with E-state index >= 15 is 0 Å². The molecule has 0 bridgehead atoms. The Bertz CT molecular complexity index is 467. The number of thiazole rings is 1. The van der Waals surface area contributed by atoms with Crippen LogP contribution in [0.2, 0.25) is 0 Å². The largest absolute Gasteiger partial charge is 0.305 e. The van der Waals surface area contributed by atoms with E-state index in [1.807, 2.05) is 29.6 Å². The molecule has 0 atom stereocenters. The van der Waals surface area contributed by atoms with Crippen LogP contribution in [0.5, 0.6) is 0 Å². The molecule has 2 rings (SSSR count). The van der Waals surface area contributed by atoms with E-state index in [2.05, 4.69) is 26.2 Å². The molecule has 0 unspecified atom stereocenters. The van der Waals surface area contributed by atoms with E-state index < -0.39 is 0 Å². The van der Waals surface area contributed by atoms with Crippen molar-refractivity contribution < 1.29 is 4.79 Å². The van der Waals surface area contributed by atoms with Crippen LogP contribution >= 0.6 is 27.3 Å². The lowest BCUT2D eigenvalue weighted by Gasteiger charge is -1.95. The number of nitrogens with zero attached hydrogens (tertiary/aromatic N) is 1. The van der Waals surface area contributed by atoms with Gasteiger partial charge in [-0.15, -0.1) is 11.3 Å². The number of carbonyl (C=O) groups is 1. The van der Waals surface area contributed by atoms with Crippen molar-refractivity contribution in [1.82, 2.24) is 4.98 Å². The Morgan fingerprint density at radius 1 is 1.33 bits per heavy atom. The predicted octanol–water partition coefficient (Wildman–Crippen LogP) is 3.14. The predicted molar refractivity (Wildman–Crippen MR) is 64.9 cm³/mol. The molecule has 1 amide bonds. The highest BCUT2D eigenvalue weighted by atomic mass is 79.9. The summed E-state index contributed by atoms with van der Waals surface area (Å²) >= 11 is 4.78. The summed E-state index contributed by atoms with van der Waals surface area (Å²) in [7, 11) is 0. The van der Waals surface area contributed by atoms with Gasteiger partial charge in [0, 0.05) is 15.4 Å². The first kappa shape index (κ1) is 10.3. The van der Waals surface area contributed by atoms with Crippen molar-refractivity contribution in [3.8, 4) is 11.3 Å². The second kappa shape index (κ2) is 4.55. The molecule has 1 aromatic heterocycles. The molecule has 0 aliphatic carbocycles. The number of carbonyl (C=O) groups excluding carboxylic acids is 1. The first-order chi connectivity index (χ1) is 7.29. The lowest BCUT2D eigenvalue weighted by Crippen LogP contribution is -1.91. The fourth-order valence-corrected chi connectivity index (χ4v) is 2.09. The maximum absolute atomic E-state index is 10.2. The average Bonchev–Trinajstić information content (AvgIpc) is 2.68. The third kappa shape index (κ3) is 2.43. The summed E-state index contributed by atoms with van der Waals surface area (Å²) in [5.74, 6) is 0. The molecular weight excluding hydrogens is 276 g/mol. The molecule has 0 saturated carbocycles. The molecule has 3 nitrogen and oxygen atoms in total. The zero-order valence-corrected chi connectivity index (χ0v) is 10.0. The molecule has 0 saturated heterocycles. The van der Waals surface area contributed by atoms with Crippen molar-refractivity contribution in [3.63, 3.8) is 0 Å². The first-order valence-electron chi connectivity index (χ1n) is 4.21. The Kier molecular flexibility index (Phi) is 3.13. The van der Waals surface area contributed by atoms with Gasteiger partial charge < -0.3 is 5.32 Å². The minimum Gasteiger partial charge on any atom is -0.305 e. The fraction of sp³-hybridized carbons (Fsp3) is 0. The number of benzene rings is 1. The molecule has 5 heteroatoms. The van der Waals surface area contributed by atoms with Crippen LogP contribution < -0.4 is 5.32 Å². The van der Waals surface area contributed by atoms with Crippen LogP contribution in [0.3, 0.4) is 0 Å². The van der Waals surface area contributed by atoms with Crippen LogP contribution in [0.15, 0.2) is 34.1 Å². The molecule has 1 heterocycles. The van der Waals surface area contributed by atoms with Gasteiger partial charge in [-0.25, -0.2) is 4.98 Å². The molecule has 0 aliphatic heterocycles. The Morgan fingerprint density at radius 2 is 2.07 bits per heavy atom. The zero-order chi connectivity index (χ0) is 10.7. The number of hydrogen-bond acceptors (Lipinski definition) is 3. The summed E-state index contributed by atoms with van der Waals surface area (Å²) < 4.78 is 1.03. The van der Waals surface area contributed by atoms with Crippen LogP contribution in [0.4, 0.5) is 5.13 Å². The van der Waals surface area contributed by atoms with E-state index in [4.69, 9.17) is 0 Å². The van der Waals surface area contributed by atoms with E-state index in [0.29, 0.717) is 11.5 Å². The van der Waals surface area contributed by atoms with E-state index in [1.165, 1.54) is 11.3 Å². The molecule has 76 valence electrons. The van der Waals surface area contributed by atoms with Crippen LogP contribution in [0, 0.1) is 0 Å². The maximum atomic E-state index is 10.2. The van der Waals surface area contributed by atoms with Gasteiger partial charge in [-0.1, -0.05) is 28.1 Å². The highest BCUT2D eigenvalue weighted by Crippen LogP contribution is 2.25. The van der Waals surface area contributed by atoms with Crippen molar-refractivity contribution in [2.75, 3.05) is 5.32 Å². The van der Waals surface area contributed by atoms with Gasteiger partial charge >= 0.3 is 0 Å². The topological polar surface area (TPSA) is 42.0 Å². The molecule has 1 aromatic carbocycles. The van der Waals surface area contributed by atoms with Crippen molar-refractivity contribution in [2.24, 2.45) is 0 Å². The highest BCUT2D eigenvalue weighted by Gasteiger charge is 2.03. The number of anilines is 1. The third-order valence-electron chi connectivity index (χ3n) is 1.83. The lowest BCUT2D eigenvalue weighted by atomic mass is 10.2. The second-order valence-electron chi connectivity index (χ2n) is 2.81. The van der Waals surface area contributed by atoms with Crippen molar-refractivity contribution in [2.45, 2.75) is 0 Å². The monoisotopic (exact) mass is 282 g/mol. The SMILES string of the molecule is O=CNc1nc(-c2ccc(Br)cc2)cs1. The Hall–Kier alpha value is -1.20. The van der Waals surface area contributed by atoms with E-state index in [0.717, 1.165) is 15.7 Å². The average molecular weight is 283 g/mol. The van der Waals surface area contributed by atoms with Gasteiger partial charge in [0.25, 0.3) is 0 Å². The highest BCUT2D eigenvalue weighted by molar-refractivity contribution is 9.10. The van der Waals surface area contributed by atoms with E-state index in [-0.39, 0.29) is 0 Å². The van der Waals surface area contributed by atoms with Crippen molar-refractivity contribution >= 4 is 38.8 Å². The molecule has 15 heavy (non-hydrogen) atoms. The Balaban J connectivity index is 2.28. The molecule has 1 N–H and O–H groups in total. The normalized spacial score (nSPS) is 9.93. The van der Waals surface area contributed by atoms with Gasteiger partial charge in [0.15, 0.2) is 5.13 Å². The molecule has 0 spiro atoms. The van der Waals surface area contributed by atoms with Crippen LogP contribution in [0.1, 0.15) is 0 Å². The number of aromatic nitrogens is 1. The van der Waals surface area contributed by atoms with Gasteiger partial charge in [0.1, 0.15) is 0 Å². The van der Waals surface area contributed by atoms with Gasteiger partial charge in [0.2, 0.25) is 6.41 Å². The summed E-state index contributed by atoms with van der Waals surface area (Å²) in [5, 5.41) is 5.05. The molecule has 2 aromatic rings. The number of hydrogen-bond donors (Lipinski definition) is 1. The number of halogens is 1. The van der Waals surface area contributed by atoms with Crippen LogP contribution in [-0.2, 0) is 4.79 Å². The Labute approximate surface area is 99.3 Å².